The van der Waals surface area contributed by atoms with Gasteiger partial charge >= 0.3 is 0 Å². The van der Waals surface area contributed by atoms with Crippen LogP contribution < -0.4 is 10.5 Å². The Hall–Kier alpha value is -1.84. The van der Waals surface area contributed by atoms with Crippen LogP contribution in [-0.4, -0.2) is 23.6 Å². The molecule has 1 saturated carbocycles. The van der Waals surface area contributed by atoms with Crippen molar-refractivity contribution in [2.24, 2.45) is 5.92 Å². The average molecular weight is 229 g/mol. The molecule has 0 amide bonds. The fourth-order valence-electron chi connectivity index (χ4n) is 2.15. The number of nitrogens with zero attached hydrogens (tertiary/aromatic N) is 2. The summed E-state index contributed by atoms with van der Waals surface area (Å²) in [5, 5.41) is 0. The van der Waals surface area contributed by atoms with E-state index in [0.29, 0.717) is 0 Å². The Morgan fingerprint density at radius 1 is 1.53 bits per heavy atom. The van der Waals surface area contributed by atoms with Crippen molar-refractivity contribution in [3.8, 4) is 0 Å². The lowest BCUT2D eigenvalue weighted by atomic mass is 10.2. The van der Waals surface area contributed by atoms with E-state index in [1.165, 1.54) is 12.8 Å². The van der Waals surface area contributed by atoms with Crippen LogP contribution >= 0.6 is 0 Å². The molecule has 4 nitrogen and oxygen atoms in total. The lowest BCUT2D eigenvalue weighted by molar-refractivity contribution is 0.788. The summed E-state index contributed by atoms with van der Waals surface area (Å²) in [5.41, 5.74) is 2.53. The molecule has 4 heteroatoms. The molecule has 2 aromatic heterocycles. The van der Waals surface area contributed by atoms with E-state index in [1.54, 1.807) is 12.3 Å². The van der Waals surface area contributed by atoms with Gasteiger partial charge in [0.25, 0.3) is 5.56 Å². The molecule has 0 aromatic carbocycles. The van der Waals surface area contributed by atoms with Gasteiger partial charge in [-0.3, -0.25) is 9.78 Å². The van der Waals surface area contributed by atoms with E-state index < -0.39 is 0 Å². The monoisotopic (exact) mass is 229 g/mol. The number of fused-ring (bicyclic) bond motifs is 1. The maximum absolute atomic E-state index is 11.6. The Bertz CT molecular complexity index is 601. The highest BCUT2D eigenvalue weighted by molar-refractivity contribution is 5.87. The zero-order valence-corrected chi connectivity index (χ0v) is 9.81. The summed E-state index contributed by atoms with van der Waals surface area (Å²) in [7, 11) is 2.03. The third kappa shape index (κ3) is 2.02. The highest BCUT2D eigenvalue weighted by Gasteiger charge is 2.23. The third-order valence-corrected chi connectivity index (χ3v) is 3.22. The molecule has 1 fully saturated rings. The van der Waals surface area contributed by atoms with Crippen molar-refractivity contribution in [2.45, 2.75) is 12.8 Å². The minimum atomic E-state index is -0.0665. The van der Waals surface area contributed by atoms with Gasteiger partial charge in [-0.25, -0.2) is 0 Å². The molecule has 0 spiro atoms. The van der Waals surface area contributed by atoms with Gasteiger partial charge in [-0.05, 0) is 30.9 Å². The first-order valence-corrected chi connectivity index (χ1v) is 5.93. The van der Waals surface area contributed by atoms with Gasteiger partial charge in [-0.15, -0.1) is 0 Å². The standard InChI is InChI=1S/C13H15N3O/c1-16(8-9-4-5-9)11-7-12(17)15-10-3-2-6-14-13(10)11/h2-3,6-7,9H,4-5,8H2,1H3,(H,15,17). The van der Waals surface area contributed by atoms with Crippen LogP contribution in [0.4, 0.5) is 5.69 Å². The van der Waals surface area contributed by atoms with E-state index in [1.807, 2.05) is 19.2 Å². The number of hydrogen-bond donors (Lipinski definition) is 1. The quantitative estimate of drug-likeness (QED) is 0.872. The molecule has 17 heavy (non-hydrogen) atoms. The Labute approximate surface area is 99.3 Å². The van der Waals surface area contributed by atoms with Crippen LogP contribution in [0, 0.1) is 5.92 Å². The second-order valence-corrected chi connectivity index (χ2v) is 4.74. The molecule has 88 valence electrons. The molecule has 0 radical (unpaired) electrons. The predicted molar refractivity (Wildman–Crippen MR) is 68.4 cm³/mol. The fraction of sp³-hybridized carbons (Fsp3) is 0.385. The molecule has 3 rings (SSSR count). The Kier molecular flexibility index (Phi) is 2.35. The molecular weight excluding hydrogens is 214 g/mol. The molecule has 0 saturated heterocycles. The van der Waals surface area contributed by atoms with Crippen molar-refractivity contribution >= 4 is 16.7 Å². The number of nitrogens with one attached hydrogen (secondary N) is 1. The topological polar surface area (TPSA) is 49.0 Å². The van der Waals surface area contributed by atoms with Crippen molar-refractivity contribution in [3.63, 3.8) is 0 Å². The molecule has 0 atom stereocenters. The van der Waals surface area contributed by atoms with Gasteiger partial charge in [0.2, 0.25) is 0 Å². The van der Waals surface area contributed by atoms with Gasteiger partial charge in [0, 0.05) is 25.9 Å². The summed E-state index contributed by atoms with van der Waals surface area (Å²) in [4.78, 5) is 20.9. The van der Waals surface area contributed by atoms with Crippen molar-refractivity contribution in [1.29, 1.82) is 0 Å². The van der Waals surface area contributed by atoms with Crippen molar-refractivity contribution in [3.05, 3.63) is 34.7 Å². The predicted octanol–water partition coefficient (Wildman–Crippen LogP) is 1.77. The first-order chi connectivity index (χ1) is 8.24. The van der Waals surface area contributed by atoms with Gasteiger partial charge in [0.1, 0.15) is 5.52 Å². The second kappa shape index (κ2) is 3.87. The van der Waals surface area contributed by atoms with Crippen LogP contribution in [0.25, 0.3) is 11.0 Å². The normalized spacial score (nSPS) is 15.1. The van der Waals surface area contributed by atoms with Crippen LogP contribution in [0.2, 0.25) is 0 Å². The molecule has 1 aliphatic carbocycles. The molecular formula is C13H15N3O. The maximum Gasteiger partial charge on any atom is 0.250 e. The van der Waals surface area contributed by atoms with Crippen molar-refractivity contribution < 1.29 is 0 Å². The number of pyridine rings is 2. The van der Waals surface area contributed by atoms with Crippen LogP contribution in [0.15, 0.2) is 29.2 Å². The largest absolute Gasteiger partial charge is 0.372 e. The van der Waals surface area contributed by atoms with Crippen LogP contribution in [0.3, 0.4) is 0 Å². The summed E-state index contributed by atoms with van der Waals surface area (Å²) in [5.74, 6) is 0.790. The number of anilines is 1. The Balaban J connectivity index is 2.09. The van der Waals surface area contributed by atoms with Crippen molar-refractivity contribution in [2.75, 3.05) is 18.5 Å². The number of aromatic nitrogens is 2. The molecule has 0 unspecified atom stereocenters. The Morgan fingerprint density at radius 2 is 2.35 bits per heavy atom. The van der Waals surface area contributed by atoms with Crippen LogP contribution in [0.1, 0.15) is 12.8 Å². The molecule has 2 aromatic rings. The Morgan fingerprint density at radius 3 is 3.12 bits per heavy atom. The second-order valence-electron chi connectivity index (χ2n) is 4.74. The molecule has 1 aliphatic rings. The van der Waals surface area contributed by atoms with E-state index in [2.05, 4.69) is 14.9 Å². The van der Waals surface area contributed by atoms with Crippen LogP contribution in [0.5, 0.6) is 0 Å². The lowest BCUT2D eigenvalue weighted by Crippen LogP contribution is -2.22. The number of hydrogen-bond acceptors (Lipinski definition) is 3. The van der Waals surface area contributed by atoms with Crippen molar-refractivity contribution in [1.82, 2.24) is 9.97 Å². The number of H-pyrrole nitrogens is 1. The summed E-state index contributed by atoms with van der Waals surface area (Å²) < 4.78 is 0. The summed E-state index contributed by atoms with van der Waals surface area (Å²) in [6, 6.07) is 5.36. The zero-order valence-electron chi connectivity index (χ0n) is 9.81. The summed E-state index contributed by atoms with van der Waals surface area (Å²) in [6.07, 6.45) is 4.37. The third-order valence-electron chi connectivity index (χ3n) is 3.22. The SMILES string of the molecule is CN(CC1CC1)c1cc(=O)[nH]c2cccnc12. The maximum atomic E-state index is 11.6. The molecule has 1 N–H and O–H groups in total. The highest BCUT2D eigenvalue weighted by Crippen LogP contribution is 2.31. The minimum absolute atomic E-state index is 0.0665. The smallest absolute Gasteiger partial charge is 0.250 e. The average Bonchev–Trinajstić information content (AvgIpc) is 3.11. The number of aromatic amines is 1. The number of rotatable bonds is 3. The van der Waals surface area contributed by atoms with E-state index in [9.17, 15) is 4.79 Å². The molecule has 0 bridgehead atoms. The van der Waals surface area contributed by atoms with Gasteiger partial charge in [0.15, 0.2) is 0 Å². The first kappa shape index (κ1) is 10.3. The fourth-order valence-corrected chi connectivity index (χ4v) is 2.15. The van der Waals surface area contributed by atoms with Crippen LogP contribution in [-0.2, 0) is 0 Å². The molecule has 2 heterocycles. The van der Waals surface area contributed by atoms with Gasteiger partial charge in [-0.1, -0.05) is 0 Å². The highest BCUT2D eigenvalue weighted by atomic mass is 16.1. The lowest BCUT2D eigenvalue weighted by Gasteiger charge is -2.19. The zero-order chi connectivity index (χ0) is 11.8. The minimum Gasteiger partial charge on any atom is -0.372 e. The van der Waals surface area contributed by atoms with Gasteiger partial charge in [-0.2, -0.15) is 0 Å². The van der Waals surface area contributed by atoms with Gasteiger partial charge < -0.3 is 9.88 Å². The van der Waals surface area contributed by atoms with E-state index in [-0.39, 0.29) is 5.56 Å². The summed E-state index contributed by atoms with van der Waals surface area (Å²) >= 11 is 0. The van der Waals surface area contributed by atoms with E-state index in [4.69, 9.17) is 0 Å². The summed E-state index contributed by atoms with van der Waals surface area (Å²) in [6.45, 7) is 1.01. The molecule has 0 aliphatic heterocycles. The van der Waals surface area contributed by atoms with E-state index in [0.717, 1.165) is 29.2 Å². The van der Waals surface area contributed by atoms with E-state index >= 15 is 0 Å². The first-order valence-electron chi connectivity index (χ1n) is 5.93. The van der Waals surface area contributed by atoms with Gasteiger partial charge in [0.05, 0.1) is 11.2 Å².